The van der Waals surface area contributed by atoms with Gasteiger partial charge in [0.1, 0.15) is 11.5 Å². The van der Waals surface area contributed by atoms with Crippen LogP contribution in [0, 0.1) is 0 Å². The van der Waals surface area contributed by atoms with E-state index in [2.05, 4.69) is 0 Å². The van der Waals surface area contributed by atoms with Gasteiger partial charge >= 0.3 is 0 Å². The quantitative estimate of drug-likeness (QED) is 0.715. The number of hydrogen-bond donors (Lipinski definition) is 1. The first kappa shape index (κ1) is 15.4. The van der Waals surface area contributed by atoms with Gasteiger partial charge in [0.25, 0.3) is 0 Å². The van der Waals surface area contributed by atoms with Crippen molar-refractivity contribution in [2.24, 2.45) is 0 Å². The van der Waals surface area contributed by atoms with Crippen LogP contribution in [0.15, 0.2) is 60.7 Å². The second-order valence-corrected chi connectivity index (χ2v) is 4.91. The molecule has 0 saturated heterocycles. The summed E-state index contributed by atoms with van der Waals surface area (Å²) in [5.41, 5.74) is 0. The molecular weight excluding hydrogens is 264 g/mol. The Bertz CT molecular complexity index is 484. The van der Waals surface area contributed by atoms with E-state index >= 15 is 0 Å². The SMILES string of the molecule is OC(CCCOc1ccccc1)CCOc1ccccc1. The predicted molar refractivity (Wildman–Crippen MR) is 83.7 cm³/mol. The summed E-state index contributed by atoms with van der Waals surface area (Å²) < 4.78 is 11.1. The topological polar surface area (TPSA) is 38.7 Å². The van der Waals surface area contributed by atoms with Crippen molar-refractivity contribution in [3.8, 4) is 11.5 Å². The Morgan fingerprint density at radius 3 is 1.81 bits per heavy atom. The van der Waals surface area contributed by atoms with Crippen LogP contribution in [-0.2, 0) is 0 Å². The number of aliphatic hydroxyl groups excluding tert-OH is 1. The van der Waals surface area contributed by atoms with Crippen LogP contribution in [-0.4, -0.2) is 24.4 Å². The molecule has 0 bridgehead atoms. The van der Waals surface area contributed by atoms with Gasteiger partial charge in [-0.3, -0.25) is 0 Å². The molecule has 0 fully saturated rings. The van der Waals surface area contributed by atoms with Crippen molar-refractivity contribution in [2.45, 2.75) is 25.4 Å². The number of hydrogen-bond acceptors (Lipinski definition) is 3. The summed E-state index contributed by atoms with van der Waals surface area (Å²) in [4.78, 5) is 0. The first-order chi connectivity index (χ1) is 10.3. The Labute approximate surface area is 126 Å². The zero-order valence-electron chi connectivity index (χ0n) is 12.2. The summed E-state index contributed by atoms with van der Waals surface area (Å²) in [5.74, 6) is 1.72. The lowest BCUT2D eigenvalue weighted by Gasteiger charge is -2.12. The van der Waals surface area contributed by atoms with Gasteiger partial charge in [-0.05, 0) is 37.1 Å². The van der Waals surface area contributed by atoms with Crippen LogP contribution >= 0.6 is 0 Å². The van der Waals surface area contributed by atoms with E-state index in [-0.39, 0.29) is 6.10 Å². The molecule has 112 valence electrons. The van der Waals surface area contributed by atoms with Crippen LogP contribution in [0.4, 0.5) is 0 Å². The maximum Gasteiger partial charge on any atom is 0.119 e. The standard InChI is InChI=1S/C18H22O3/c19-16(13-15-21-18-11-5-2-6-12-18)8-7-14-20-17-9-3-1-4-10-17/h1-6,9-12,16,19H,7-8,13-15H2. The highest BCUT2D eigenvalue weighted by Gasteiger charge is 2.04. The first-order valence-corrected chi connectivity index (χ1v) is 7.38. The van der Waals surface area contributed by atoms with Gasteiger partial charge in [0.05, 0.1) is 19.3 Å². The van der Waals surface area contributed by atoms with E-state index in [0.717, 1.165) is 24.3 Å². The molecule has 0 aromatic heterocycles. The number of para-hydroxylation sites is 2. The lowest BCUT2D eigenvalue weighted by Crippen LogP contribution is -2.13. The van der Waals surface area contributed by atoms with Gasteiger partial charge in [-0.15, -0.1) is 0 Å². The van der Waals surface area contributed by atoms with Gasteiger partial charge in [0, 0.05) is 6.42 Å². The molecule has 2 aromatic rings. The molecule has 3 nitrogen and oxygen atoms in total. The molecule has 3 heteroatoms. The van der Waals surface area contributed by atoms with E-state index < -0.39 is 0 Å². The highest BCUT2D eigenvalue weighted by molar-refractivity contribution is 5.21. The minimum absolute atomic E-state index is 0.340. The number of benzene rings is 2. The third-order valence-corrected chi connectivity index (χ3v) is 3.16. The minimum atomic E-state index is -0.340. The van der Waals surface area contributed by atoms with Crippen molar-refractivity contribution in [1.29, 1.82) is 0 Å². The Balaban J connectivity index is 1.52. The molecule has 1 unspecified atom stereocenters. The molecule has 0 amide bonds. The molecule has 1 N–H and O–H groups in total. The molecule has 0 spiro atoms. The third-order valence-electron chi connectivity index (χ3n) is 3.16. The largest absolute Gasteiger partial charge is 0.494 e. The Hall–Kier alpha value is -2.00. The summed E-state index contributed by atoms with van der Waals surface area (Å²) in [5, 5.41) is 9.89. The van der Waals surface area contributed by atoms with Crippen molar-refractivity contribution < 1.29 is 14.6 Å². The summed E-state index contributed by atoms with van der Waals surface area (Å²) >= 11 is 0. The average Bonchev–Trinajstić information content (AvgIpc) is 2.54. The van der Waals surface area contributed by atoms with Crippen molar-refractivity contribution in [1.82, 2.24) is 0 Å². The van der Waals surface area contributed by atoms with Gasteiger partial charge in [-0.2, -0.15) is 0 Å². The second kappa shape index (κ2) is 9.03. The van der Waals surface area contributed by atoms with E-state index in [1.54, 1.807) is 0 Å². The lowest BCUT2D eigenvalue weighted by molar-refractivity contribution is 0.122. The number of ether oxygens (including phenoxy) is 2. The zero-order valence-corrected chi connectivity index (χ0v) is 12.2. The van der Waals surface area contributed by atoms with Crippen molar-refractivity contribution in [3.05, 3.63) is 60.7 Å². The van der Waals surface area contributed by atoms with Crippen LogP contribution in [0.3, 0.4) is 0 Å². The van der Waals surface area contributed by atoms with Crippen LogP contribution in [0.1, 0.15) is 19.3 Å². The van der Waals surface area contributed by atoms with Crippen molar-refractivity contribution in [2.75, 3.05) is 13.2 Å². The minimum Gasteiger partial charge on any atom is -0.494 e. The second-order valence-electron chi connectivity index (χ2n) is 4.91. The zero-order chi connectivity index (χ0) is 14.8. The first-order valence-electron chi connectivity index (χ1n) is 7.38. The molecule has 0 aliphatic heterocycles. The Kier molecular flexibility index (Phi) is 6.62. The molecule has 0 saturated carbocycles. The van der Waals surface area contributed by atoms with E-state index in [0.29, 0.717) is 19.6 Å². The maximum atomic E-state index is 9.89. The molecule has 2 aromatic carbocycles. The van der Waals surface area contributed by atoms with E-state index in [1.807, 2.05) is 60.7 Å². The summed E-state index contributed by atoms with van der Waals surface area (Å²) in [6, 6.07) is 19.4. The highest BCUT2D eigenvalue weighted by atomic mass is 16.5. The third kappa shape index (κ3) is 6.32. The fourth-order valence-corrected chi connectivity index (χ4v) is 2.00. The van der Waals surface area contributed by atoms with E-state index in [9.17, 15) is 5.11 Å². The molecule has 1 atom stereocenters. The number of aliphatic hydroxyl groups is 1. The van der Waals surface area contributed by atoms with Crippen LogP contribution in [0.5, 0.6) is 11.5 Å². The summed E-state index contributed by atoms with van der Waals surface area (Å²) in [6.07, 6.45) is 1.86. The molecule has 0 aliphatic rings. The molecule has 0 radical (unpaired) electrons. The van der Waals surface area contributed by atoms with E-state index in [4.69, 9.17) is 9.47 Å². The average molecular weight is 286 g/mol. The van der Waals surface area contributed by atoms with Gasteiger partial charge < -0.3 is 14.6 Å². The normalized spacial score (nSPS) is 11.9. The Morgan fingerprint density at radius 2 is 1.24 bits per heavy atom. The molecular formula is C18H22O3. The lowest BCUT2D eigenvalue weighted by atomic mass is 10.1. The molecule has 0 heterocycles. The van der Waals surface area contributed by atoms with Gasteiger partial charge in [0.15, 0.2) is 0 Å². The summed E-state index contributed by atoms with van der Waals surface area (Å²) in [6.45, 7) is 1.16. The highest BCUT2D eigenvalue weighted by Crippen LogP contribution is 2.11. The van der Waals surface area contributed by atoms with Crippen LogP contribution < -0.4 is 9.47 Å². The maximum absolute atomic E-state index is 9.89. The number of rotatable bonds is 9. The van der Waals surface area contributed by atoms with Crippen LogP contribution in [0.2, 0.25) is 0 Å². The van der Waals surface area contributed by atoms with Crippen molar-refractivity contribution in [3.63, 3.8) is 0 Å². The monoisotopic (exact) mass is 286 g/mol. The van der Waals surface area contributed by atoms with Crippen molar-refractivity contribution >= 4 is 0 Å². The molecule has 21 heavy (non-hydrogen) atoms. The van der Waals surface area contributed by atoms with Crippen LogP contribution in [0.25, 0.3) is 0 Å². The molecule has 0 aliphatic carbocycles. The Morgan fingerprint density at radius 1 is 0.714 bits per heavy atom. The van der Waals surface area contributed by atoms with Gasteiger partial charge in [-0.25, -0.2) is 0 Å². The summed E-state index contributed by atoms with van der Waals surface area (Å²) in [7, 11) is 0. The smallest absolute Gasteiger partial charge is 0.119 e. The fraction of sp³-hybridized carbons (Fsp3) is 0.333. The predicted octanol–water partition coefficient (Wildman–Crippen LogP) is 3.68. The van der Waals surface area contributed by atoms with Gasteiger partial charge in [-0.1, -0.05) is 36.4 Å². The molecule has 2 rings (SSSR count). The van der Waals surface area contributed by atoms with E-state index in [1.165, 1.54) is 0 Å². The van der Waals surface area contributed by atoms with Gasteiger partial charge in [0.2, 0.25) is 0 Å². The fourth-order valence-electron chi connectivity index (χ4n) is 2.00.